The maximum absolute atomic E-state index is 12.4. The van der Waals surface area contributed by atoms with Gasteiger partial charge >= 0.3 is 5.97 Å². The van der Waals surface area contributed by atoms with Crippen molar-refractivity contribution in [3.63, 3.8) is 0 Å². The summed E-state index contributed by atoms with van der Waals surface area (Å²) in [7, 11) is 3.22. The standard InChI is InChI=1S/C19H20O4S2/c1-21-16-8-7-13(11-17(16)22-2)12-19(25-10-9-24)15-6-4-3-5-14(15)18(20)23-19/h3-8,11,24H,9-10,12H2,1-2H3. The third-order valence-electron chi connectivity index (χ3n) is 4.13. The molecule has 0 amide bonds. The normalized spacial score (nSPS) is 18.6. The highest BCUT2D eigenvalue weighted by Gasteiger charge is 2.45. The molecule has 0 saturated heterocycles. The first-order valence-electron chi connectivity index (χ1n) is 7.92. The molecular formula is C19H20O4S2. The van der Waals surface area contributed by atoms with Gasteiger partial charge < -0.3 is 14.2 Å². The summed E-state index contributed by atoms with van der Waals surface area (Å²) in [4.78, 5) is 11.6. The van der Waals surface area contributed by atoms with Crippen LogP contribution in [0.1, 0.15) is 21.5 Å². The summed E-state index contributed by atoms with van der Waals surface area (Å²) in [5.74, 6) is 2.54. The number of esters is 1. The minimum absolute atomic E-state index is 0.275. The molecular weight excluding hydrogens is 356 g/mol. The first-order chi connectivity index (χ1) is 12.1. The maximum atomic E-state index is 12.4. The fraction of sp³-hybridized carbons (Fsp3) is 0.316. The van der Waals surface area contributed by atoms with Crippen LogP contribution in [-0.4, -0.2) is 31.7 Å². The predicted molar refractivity (Wildman–Crippen MR) is 103 cm³/mol. The monoisotopic (exact) mass is 376 g/mol. The molecule has 132 valence electrons. The number of benzene rings is 2. The van der Waals surface area contributed by atoms with Gasteiger partial charge in [-0.05, 0) is 29.5 Å². The van der Waals surface area contributed by atoms with Crippen LogP contribution in [0.4, 0.5) is 0 Å². The van der Waals surface area contributed by atoms with Crippen molar-refractivity contribution in [1.29, 1.82) is 0 Å². The van der Waals surface area contributed by atoms with Crippen molar-refractivity contribution >= 4 is 30.4 Å². The van der Waals surface area contributed by atoms with Crippen LogP contribution in [0.15, 0.2) is 42.5 Å². The van der Waals surface area contributed by atoms with Gasteiger partial charge in [0, 0.05) is 17.7 Å². The number of hydrogen-bond donors (Lipinski definition) is 1. The molecule has 1 unspecified atom stereocenters. The third-order valence-corrected chi connectivity index (χ3v) is 5.97. The molecule has 2 aromatic rings. The maximum Gasteiger partial charge on any atom is 0.340 e. The van der Waals surface area contributed by atoms with Crippen LogP contribution in [0.2, 0.25) is 0 Å². The van der Waals surface area contributed by atoms with E-state index in [0.29, 0.717) is 29.2 Å². The first kappa shape index (κ1) is 18.0. The second-order valence-electron chi connectivity index (χ2n) is 5.63. The van der Waals surface area contributed by atoms with Crippen molar-refractivity contribution in [3.05, 3.63) is 59.2 Å². The summed E-state index contributed by atoms with van der Waals surface area (Å²) in [6, 6.07) is 13.3. The molecule has 0 spiro atoms. The van der Waals surface area contributed by atoms with Gasteiger partial charge in [0.2, 0.25) is 0 Å². The van der Waals surface area contributed by atoms with Gasteiger partial charge in [-0.15, -0.1) is 11.8 Å². The number of carbonyl (C=O) groups is 1. The van der Waals surface area contributed by atoms with E-state index in [-0.39, 0.29) is 5.97 Å². The molecule has 0 radical (unpaired) electrons. The molecule has 1 aliphatic heterocycles. The Labute approximate surface area is 157 Å². The Hall–Kier alpha value is -1.79. The van der Waals surface area contributed by atoms with Crippen LogP contribution in [0.3, 0.4) is 0 Å². The Kier molecular flexibility index (Phi) is 5.49. The summed E-state index contributed by atoms with van der Waals surface area (Å²) in [5.41, 5.74) is 2.56. The lowest BCUT2D eigenvalue weighted by molar-refractivity contribution is 0.0290. The van der Waals surface area contributed by atoms with E-state index in [9.17, 15) is 4.79 Å². The number of cyclic esters (lactones) is 1. The molecule has 0 fully saturated rings. The first-order valence-corrected chi connectivity index (χ1v) is 9.54. The fourth-order valence-electron chi connectivity index (χ4n) is 3.01. The van der Waals surface area contributed by atoms with Crippen LogP contribution < -0.4 is 9.47 Å². The zero-order valence-corrected chi connectivity index (χ0v) is 15.9. The number of thioether (sulfide) groups is 1. The Morgan fingerprint density at radius 1 is 1.12 bits per heavy atom. The molecule has 25 heavy (non-hydrogen) atoms. The molecule has 1 aliphatic rings. The molecule has 1 atom stereocenters. The lowest BCUT2D eigenvalue weighted by atomic mass is 9.98. The number of methoxy groups -OCH3 is 2. The van der Waals surface area contributed by atoms with Crippen LogP contribution in [0.25, 0.3) is 0 Å². The minimum atomic E-state index is -0.740. The largest absolute Gasteiger partial charge is 0.493 e. The average molecular weight is 376 g/mol. The number of thiol groups is 1. The zero-order chi connectivity index (χ0) is 17.9. The van der Waals surface area contributed by atoms with E-state index >= 15 is 0 Å². The number of fused-ring (bicyclic) bond motifs is 1. The van der Waals surface area contributed by atoms with E-state index in [0.717, 1.165) is 16.9 Å². The molecule has 0 N–H and O–H groups in total. The van der Waals surface area contributed by atoms with E-state index < -0.39 is 4.93 Å². The number of hydrogen-bond acceptors (Lipinski definition) is 6. The van der Waals surface area contributed by atoms with Crippen molar-refractivity contribution < 1.29 is 19.0 Å². The van der Waals surface area contributed by atoms with Crippen LogP contribution >= 0.6 is 24.4 Å². The molecule has 0 aliphatic carbocycles. The van der Waals surface area contributed by atoms with Gasteiger partial charge in [-0.2, -0.15) is 12.6 Å². The van der Waals surface area contributed by atoms with E-state index in [4.69, 9.17) is 14.2 Å². The second kappa shape index (κ2) is 7.62. The lowest BCUT2D eigenvalue weighted by Crippen LogP contribution is -2.26. The Morgan fingerprint density at radius 3 is 2.60 bits per heavy atom. The van der Waals surface area contributed by atoms with Crippen molar-refractivity contribution in [3.8, 4) is 11.5 Å². The molecule has 6 heteroatoms. The van der Waals surface area contributed by atoms with Crippen LogP contribution in [0, 0.1) is 0 Å². The summed E-state index contributed by atoms with van der Waals surface area (Å²) < 4.78 is 16.6. The van der Waals surface area contributed by atoms with Gasteiger partial charge in [-0.3, -0.25) is 0 Å². The molecule has 4 nitrogen and oxygen atoms in total. The van der Waals surface area contributed by atoms with Gasteiger partial charge in [0.15, 0.2) is 16.4 Å². The highest BCUT2D eigenvalue weighted by atomic mass is 32.2. The Bertz CT molecular complexity index is 778. The van der Waals surface area contributed by atoms with E-state index in [1.807, 2.05) is 42.5 Å². The van der Waals surface area contributed by atoms with Crippen molar-refractivity contribution in [2.75, 3.05) is 25.7 Å². The highest BCUT2D eigenvalue weighted by Crippen LogP contribution is 2.48. The molecule has 0 saturated carbocycles. The smallest absolute Gasteiger partial charge is 0.340 e. The van der Waals surface area contributed by atoms with Crippen LogP contribution in [0.5, 0.6) is 11.5 Å². The zero-order valence-electron chi connectivity index (χ0n) is 14.2. The Balaban J connectivity index is 2.00. The SMILES string of the molecule is COc1ccc(CC2(SCCS)OC(=O)c3ccccc32)cc1OC. The minimum Gasteiger partial charge on any atom is -0.493 e. The van der Waals surface area contributed by atoms with Crippen molar-refractivity contribution in [2.45, 2.75) is 11.4 Å². The highest BCUT2D eigenvalue weighted by molar-refractivity contribution is 8.00. The summed E-state index contributed by atoms with van der Waals surface area (Å²) in [6.07, 6.45) is 0.550. The number of ether oxygens (including phenoxy) is 3. The average Bonchev–Trinajstić information content (AvgIpc) is 2.92. The van der Waals surface area contributed by atoms with E-state index in [2.05, 4.69) is 12.6 Å². The molecule has 1 heterocycles. The van der Waals surface area contributed by atoms with Crippen molar-refractivity contribution in [2.24, 2.45) is 0 Å². The van der Waals surface area contributed by atoms with Gasteiger partial charge in [0.1, 0.15) is 0 Å². The van der Waals surface area contributed by atoms with Gasteiger partial charge in [-0.25, -0.2) is 4.79 Å². The third kappa shape index (κ3) is 3.46. The molecule has 0 aromatic heterocycles. The molecule has 0 bridgehead atoms. The topological polar surface area (TPSA) is 44.8 Å². The lowest BCUT2D eigenvalue weighted by Gasteiger charge is -2.28. The molecule has 2 aromatic carbocycles. The summed E-state index contributed by atoms with van der Waals surface area (Å²) in [6.45, 7) is 0. The number of rotatable bonds is 7. The predicted octanol–water partition coefficient (Wildman–Crippen LogP) is 3.93. The van der Waals surface area contributed by atoms with Crippen molar-refractivity contribution in [1.82, 2.24) is 0 Å². The number of carbonyl (C=O) groups excluding carboxylic acids is 1. The van der Waals surface area contributed by atoms with E-state index in [1.165, 1.54) is 0 Å². The van der Waals surface area contributed by atoms with Gasteiger partial charge in [-0.1, -0.05) is 24.3 Å². The second-order valence-corrected chi connectivity index (χ2v) is 7.43. The van der Waals surface area contributed by atoms with E-state index in [1.54, 1.807) is 26.0 Å². The van der Waals surface area contributed by atoms with Gasteiger partial charge in [0.05, 0.1) is 19.8 Å². The Morgan fingerprint density at radius 2 is 1.88 bits per heavy atom. The fourth-order valence-corrected chi connectivity index (χ4v) is 4.44. The summed E-state index contributed by atoms with van der Waals surface area (Å²) >= 11 is 5.91. The van der Waals surface area contributed by atoms with Gasteiger partial charge in [0.25, 0.3) is 0 Å². The molecule has 3 rings (SSSR count). The van der Waals surface area contributed by atoms with Crippen LogP contribution in [-0.2, 0) is 16.1 Å². The quantitative estimate of drug-likeness (QED) is 0.586. The summed E-state index contributed by atoms with van der Waals surface area (Å²) in [5, 5.41) is 0.